The Labute approximate surface area is 104 Å². The Morgan fingerprint density at radius 3 is 2.75 bits per heavy atom. The van der Waals surface area contributed by atoms with Crippen LogP contribution in [0.2, 0.25) is 0 Å². The van der Waals surface area contributed by atoms with Gasteiger partial charge in [-0.1, -0.05) is 6.07 Å². The third-order valence-electron chi connectivity index (χ3n) is 2.59. The van der Waals surface area contributed by atoms with Crippen molar-refractivity contribution < 1.29 is 0 Å². The smallest absolute Gasteiger partial charge is 0.0900 e. The minimum atomic E-state index is 0.393. The molecule has 2 nitrogen and oxygen atoms in total. The lowest BCUT2D eigenvalue weighted by Crippen LogP contribution is -2.18. The summed E-state index contributed by atoms with van der Waals surface area (Å²) in [7, 11) is 2.02. The molecule has 2 heterocycles. The zero-order valence-corrected chi connectivity index (χ0v) is 11.4. The van der Waals surface area contributed by atoms with Crippen LogP contribution < -0.4 is 5.32 Å². The number of hydrogen-bond acceptors (Lipinski definition) is 4. The fraction of sp³-hybridized carbons (Fsp3) is 0.417. The second-order valence-corrected chi connectivity index (χ2v) is 6.07. The van der Waals surface area contributed by atoms with E-state index in [4.69, 9.17) is 0 Å². The van der Waals surface area contributed by atoms with Crippen LogP contribution in [0.3, 0.4) is 0 Å². The summed E-state index contributed by atoms with van der Waals surface area (Å²) in [6, 6.07) is 4.69. The first-order valence-electron chi connectivity index (χ1n) is 5.34. The van der Waals surface area contributed by atoms with E-state index in [9.17, 15) is 0 Å². The van der Waals surface area contributed by atoms with Gasteiger partial charge in [0.05, 0.1) is 10.7 Å². The van der Waals surface area contributed by atoms with Crippen molar-refractivity contribution in [3.63, 3.8) is 0 Å². The van der Waals surface area contributed by atoms with Gasteiger partial charge >= 0.3 is 0 Å². The zero-order valence-electron chi connectivity index (χ0n) is 9.78. The Bertz CT molecular complexity index is 446. The highest BCUT2D eigenvalue weighted by Crippen LogP contribution is 2.28. The Morgan fingerprint density at radius 1 is 1.44 bits per heavy atom. The monoisotopic (exact) mass is 252 g/mol. The molecule has 0 spiro atoms. The van der Waals surface area contributed by atoms with Gasteiger partial charge in [0, 0.05) is 22.2 Å². The Morgan fingerprint density at radius 2 is 2.25 bits per heavy atom. The summed E-state index contributed by atoms with van der Waals surface area (Å²) in [5, 5.41) is 6.67. The molecule has 0 amide bonds. The van der Waals surface area contributed by atoms with Gasteiger partial charge in [0.25, 0.3) is 0 Å². The number of rotatable bonds is 4. The number of thiophene rings is 1. The van der Waals surface area contributed by atoms with Gasteiger partial charge < -0.3 is 5.32 Å². The number of hydrogen-bond donors (Lipinski definition) is 1. The highest BCUT2D eigenvalue weighted by Gasteiger charge is 2.16. The van der Waals surface area contributed by atoms with Gasteiger partial charge in [0.1, 0.15) is 0 Å². The van der Waals surface area contributed by atoms with E-state index in [1.54, 1.807) is 11.3 Å². The standard InChI is InChI=1S/C12H16N2S2/c1-8-12(16-9(2)14-8)11(13-3)7-10-5-4-6-15-10/h4-6,11,13H,7H2,1-3H3. The second kappa shape index (κ2) is 5.08. The van der Waals surface area contributed by atoms with E-state index in [1.165, 1.54) is 15.4 Å². The summed E-state index contributed by atoms with van der Waals surface area (Å²) in [5.74, 6) is 0. The summed E-state index contributed by atoms with van der Waals surface area (Å²) < 4.78 is 0. The largest absolute Gasteiger partial charge is 0.312 e. The number of aromatic nitrogens is 1. The first-order chi connectivity index (χ1) is 7.70. The summed E-state index contributed by atoms with van der Waals surface area (Å²) in [5.41, 5.74) is 1.17. The molecule has 86 valence electrons. The SMILES string of the molecule is CNC(Cc1cccs1)c1sc(C)nc1C. The predicted molar refractivity (Wildman–Crippen MR) is 71.4 cm³/mol. The average Bonchev–Trinajstić information content (AvgIpc) is 2.85. The average molecular weight is 252 g/mol. The Kier molecular flexibility index (Phi) is 3.74. The van der Waals surface area contributed by atoms with Crippen LogP contribution in [0.5, 0.6) is 0 Å². The summed E-state index contributed by atoms with van der Waals surface area (Å²) in [4.78, 5) is 7.28. The maximum atomic E-state index is 4.49. The van der Waals surface area contributed by atoms with Gasteiger partial charge in [0.2, 0.25) is 0 Å². The van der Waals surface area contributed by atoms with Crippen LogP contribution in [0.15, 0.2) is 17.5 Å². The van der Waals surface area contributed by atoms with Gasteiger partial charge in [-0.05, 0) is 32.3 Å². The molecule has 0 saturated carbocycles. The molecular weight excluding hydrogens is 236 g/mol. The molecule has 2 aromatic heterocycles. The molecule has 4 heteroatoms. The van der Waals surface area contributed by atoms with Crippen LogP contribution in [0.4, 0.5) is 0 Å². The van der Waals surface area contributed by atoms with Crippen LogP contribution in [0.25, 0.3) is 0 Å². The number of aryl methyl sites for hydroxylation is 2. The molecule has 0 aliphatic carbocycles. The van der Waals surface area contributed by atoms with E-state index in [-0.39, 0.29) is 0 Å². The quantitative estimate of drug-likeness (QED) is 0.903. The Hall–Kier alpha value is -0.710. The fourth-order valence-corrected chi connectivity index (χ4v) is 3.62. The summed E-state index contributed by atoms with van der Waals surface area (Å²) >= 11 is 3.62. The lowest BCUT2D eigenvalue weighted by atomic mass is 10.1. The van der Waals surface area contributed by atoms with E-state index in [1.807, 2.05) is 18.4 Å². The second-order valence-electron chi connectivity index (χ2n) is 3.81. The molecule has 0 aliphatic heterocycles. The van der Waals surface area contributed by atoms with Crippen LogP contribution in [0, 0.1) is 13.8 Å². The highest BCUT2D eigenvalue weighted by molar-refractivity contribution is 7.11. The lowest BCUT2D eigenvalue weighted by molar-refractivity contribution is 0.602. The molecule has 0 aromatic carbocycles. The summed E-state index contributed by atoms with van der Waals surface area (Å²) in [6.45, 7) is 4.16. The highest BCUT2D eigenvalue weighted by atomic mass is 32.1. The fourth-order valence-electron chi connectivity index (χ4n) is 1.83. The van der Waals surface area contributed by atoms with E-state index >= 15 is 0 Å². The first-order valence-corrected chi connectivity index (χ1v) is 7.04. The van der Waals surface area contributed by atoms with Gasteiger partial charge in [-0.25, -0.2) is 4.98 Å². The van der Waals surface area contributed by atoms with Crippen LogP contribution in [-0.2, 0) is 6.42 Å². The summed E-state index contributed by atoms with van der Waals surface area (Å²) in [6.07, 6.45) is 1.05. The molecule has 0 saturated heterocycles. The van der Waals surface area contributed by atoms with E-state index in [0.717, 1.165) is 11.4 Å². The van der Waals surface area contributed by atoms with Crippen molar-refractivity contribution in [2.45, 2.75) is 26.3 Å². The molecule has 1 N–H and O–H groups in total. The van der Waals surface area contributed by atoms with Crippen molar-refractivity contribution in [2.75, 3.05) is 7.05 Å². The van der Waals surface area contributed by atoms with E-state index in [0.29, 0.717) is 6.04 Å². The number of nitrogens with one attached hydrogen (secondary N) is 1. The van der Waals surface area contributed by atoms with Crippen molar-refractivity contribution in [1.82, 2.24) is 10.3 Å². The minimum Gasteiger partial charge on any atom is -0.312 e. The van der Waals surface area contributed by atoms with Crippen molar-refractivity contribution >= 4 is 22.7 Å². The number of likely N-dealkylation sites (N-methyl/N-ethyl adjacent to an activating group) is 1. The molecule has 2 rings (SSSR count). The number of nitrogens with zero attached hydrogens (tertiary/aromatic N) is 1. The van der Waals surface area contributed by atoms with Crippen molar-refractivity contribution in [3.05, 3.63) is 38.0 Å². The third kappa shape index (κ3) is 2.51. The molecule has 0 radical (unpaired) electrons. The van der Waals surface area contributed by atoms with Gasteiger partial charge in [-0.2, -0.15) is 0 Å². The molecular formula is C12H16N2S2. The van der Waals surface area contributed by atoms with Gasteiger partial charge in [-0.15, -0.1) is 22.7 Å². The molecule has 0 bridgehead atoms. The lowest BCUT2D eigenvalue weighted by Gasteiger charge is -2.13. The molecule has 0 fully saturated rings. The normalized spacial score (nSPS) is 12.9. The van der Waals surface area contributed by atoms with Crippen molar-refractivity contribution in [2.24, 2.45) is 0 Å². The number of thiazole rings is 1. The maximum Gasteiger partial charge on any atom is 0.0900 e. The van der Waals surface area contributed by atoms with Crippen LogP contribution in [0.1, 0.15) is 26.5 Å². The molecule has 1 atom stereocenters. The van der Waals surface area contributed by atoms with Crippen molar-refractivity contribution in [1.29, 1.82) is 0 Å². The van der Waals surface area contributed by atoms with Crippen LogP contribution >= 0.6 is 22.7 Å². The van der Waals surface area contributed by atoms with Gasteiger partial charge in [0.15, 0.2) is 0 Å². The molecule has 1 unspecified atom stereocenters. The first kappa shape index (κ1) is 11.8. The van der Waals surface area contributed by atoms with Gasteiger partial charge in [-0.3, -0.25) is 0 Å². The minimum absolute atomic E-state index is 0.393. The molecule has 16 heavy (non-hydrogen) atoms. The van der Waals surface area contributed by atoms with E-state index < -0.39 is 0 Å². The predicted octanol–water partition coefficient (Wildman–Crippen LogP) is 3.32. The zero-order chi connectivity index (χ0) is 11.5. The molecule has 2 aromatic rings. The Balaban J connectivity index is 2.19. The topological polar surface area (TPSA) is 24.9 Å². The van der Waals surface area contributed by atoms with Crippen LogP contribution in [-0.4, -0.2) is 12.0 Å². The van der Waals surface area contributed by atoms with E-state index in [2.05, 4.69) is 41.7 Å². The third-order valence-corrected chi connectivity index (χ3v) is 4.68. The molecule has 0 aliphatic rings. The maximum absolute atomic E-state index is 4.49. The van der Waals surface area contributed by atoms with Crippen molar-refractivity contribution in [3.8, 4) is 0 Å².